The molecule has 0 spiro atoms. The lowest BCUT2D eigenvalue weighted by Gasteiger charge is -2.17. The molecule has 7 heteroatoms. The van der Waals surface area contributed by atoms with Crippen molar-refractivity contribution in [2.24, 2.45) is 0 Å². The molecule has 1 aromatic heterocycles. The highest BCUT2D eigenvalue weighted by atomic mass is 35.5. The molecule has 0 amide bonds. The van der Waals surface area contributed by atoms with Crippen LogP contribution in [-0.2, 0) is 4.79 Å². The molecule has 0 bridgehead atoms. The molecular weight excluding hydrogens is 373 g/mol. The van der Waals surface area contributed by atoms with Gasteiger partial charge in [-0.05, 0) is 48.5 Å². The van der Waals surface area contributed by atoms with E-state index in [-0.39, 0.29) is 24.0 Å². The lowest BCUT2D eigenvalue weighted by atomic mass is 10.1. The normalized spacial score (nSPS) is 17.2. The van der Waals surface area contributed by atoms with Crippen LogP contribution in [0.5, 0.6) is 0 Å². The fourth-order valence-corrected chi connectivity index (χ4v) is 4.00. The SMILES string of the molecule is N=C1C(c2nc(-c3ccc(F)cc3)cs2)C(=O)CN1c1ccc(Cl)cc1. The number of carbonyl (C=O) groups is 1. The Bertz CT molecular complexity index is 985. The molecule has 4 nitrogen and oxygen atoms in total. The molecule has 1 aliphatic heterocycles. The predicted octanol–water partition coefficient (Wildman–Crippen LogP) is 4.75. The number of ketones is 1. The highest BCUT2D eigenvalue weighted by Crippen LogP contribution is 2.34. The van der Waals surface area contributed by atoms with Gasteiger partial charge >= 0.3 is 0 Å². The lowest BCUT2D eigenvalue weighted by Crippen LogP contribution is -2.25. The first-order valence-corrected chi connectivity index (χ1v) is 9.14. The van der Waals surface area contributed by atoms with Crippen molar-refractivity contribution in [1.29, 1.82) is 5.41 Å². The molecule has 26 heavy (non-hydrogen) atoms. The summed E-state index contributed by atoms with van der Waals surface area (Å²) in [6.45, 7) is 0.136. The lowest BCUT2D eigenvalue weighted by molar-refractivity contribution is -0.116. The van der Waals surface area contributed by atoms with Gasteiger partial charge in [-0.15, -0.1) is 11.3 Å². The van der Waals surface area contributed by atoms with Gasteiger partial charge in [0.05, 0.1) is 12.2 Å². The van der Waals surface area contributed by atoms with Gasteiger partial charge in [0.25, 0.3) is 0 Å². The Morgan fingerprint density at radius 2 is 1.85 bits per heavy atom. The van der Waals surface area contributed by atoms with Crippen LogP contribution < -0.4 is 4.90 Å². The number of nitrogens with zero attached hydrogens (tertiary/aromatic N) is 2. The number of thiazole rings is 1. The van der Waals surface area contributed by atoms with E-state index in [0.717, 1.165) is 11.3 Å². The zero-order chi connectivity index (χ0) is 18.3. The highest BCUT2D eigenvalue weighted by Gasteiger charge is 2.39. The molecule has 2 heterocycles. The third-order valence-electron chi connectivity index (χ3n) is 4.25. The third-order valence-corrected chi connectivity index (χ3v) is 5.41. The zero-order valence-electron chi connectivity index (χ0n) is 13.4. The van der Waals surface area contributed by atoms with Crippen molar-refractivity contribution in [2.45, 2.75) is 5.92 Å². The maximum absolute atomic E-state index is 13.1. The van der Waals surface area contributed by atoms with E-state index in [1.54, 1.807) is 41.3 Å². The van der Waals surface area contributed by atoms with Gasteiger partial charge in [0, 0.05) is 21.7 Å². The van der Waals surface area contributed by atoms with Crippen LogP contribution in [0.1, 0.15) is 10.9 Å². The van der Waals surface area contributed by atoms with Crippen molar-refractivity contribution < 1.29 is 9.18 Å². The number of aromatic nitrogens is 1. The molecule has 0 aliphatic carbocycles. The van der Waals surface area contributed by atoms with Crippen molar-refractivity contribution in [2.75, 3.05) is 11.4 Å². The van der Waals surface area contributed by atoms with Crippen LogP contribution in [0.3, 0.4) is 0 Å². The largest absolute Gasteiger partial charge is 0.322 e. The van der Waals surface area contributed by atoms with Crippen LogP contribution >= 0.6 is 22.9 Å². The second kappa shape index (κ2) is 6.63. The van der Waals surface area contributed by atoms with Crippen molar-refractivity contribution in [3.63, 3.8) is 0 Å². The van der Waals surface area contributed by atoms with E-state index in [1.807, 2.05) is 5.38 Å². The summed E-state index contributed by atoms with van der Waals surface area (Å²) < 4.78 is 13.1. The summed E-state index contributed by atoms with van der Waals surface area (Å²) in [5, 5.41) is 11.5. The average Bonchev–Trinajstić information content (AvgIpc) is 3.21. The number of hydrogen-bond donors (Lipinski definition) is 1. The second-order valence-corrected chi connectivity index (χ2v) is 7.25. The number of Topliss-reactive ketones (excluding diaryl/α,β-unsaturated/α-hetero) is 1. The topological polar surface area (TPSA) is 57.1 Å². The van der Waals surface area contributed by atoms with E-state index >= 15 is 0 Å². The molecule has 2 aromatic carbocycles. The minimum absolute atomic E-state index is 0.0649. The van der Waals surface area contributed by atoms with Gasteiger partial charge in [0.15, 0.2) is 5.78 Å². The molecule has 1 atom stereocenters. The van der Waals surface area contributed by atoms with E-state index < -0.39 is 5.92 Å². The van der Waals surface area contributed by atoms with Crippen molar-refractivity contribution in [1.82, 2.24) is 4.98 Å². The Morgan fingerprint density at radius 3 is 2.54 bits per heavy atom. The van der Waals surface area contributed by atoms with Crippen LogP contribution in [0.4, 0.5) is 10.1 Å². The molecule has 1 aliphatic rings. The molecule has 130 valence electrons. The summed E-state index contributed by atoms with van der Waals surface area (Å²) in [5.41, 5.74) is 2.21. The third kappa shape index (κ3) is 3.02. The van der Waals surface area contributed by atoms with Gasteiger partial charge in [-0.3, -0.25) is 10.2 Å². The molecular formula is C19H13ClFN3OS. The fourth-order valence-electron chi connectivity index (χ4n) is 2.92. The molecule has 0 radical (unpaired) electrons. The van der Waals surface area contributed by atoms with E-state index in [4.69, 9.17) is 17.0 Å². The first kappa shape index (κ1) is 16.9. The van der Waals surface area contributed by atoms with E-state index in [1.165, 1.54) is 23.5 Å². The van der Waals surface area contributed by atoms with Crippen molar-refractivity contribution in [3.8, 4) is 11.3 Å². The van der Waals surface area contributed by atoms with Gasteiger partial charge in [-0.25, -0.2) is 9.37 Å². The van der Waals surface area contributed by atoms with Crippen LogP contribution in [0.15, 0.2) is 53.9 Å². The maximum atomic E-state index is 13.1. The van der Waals surface area contributed by atoms with E-state index in [2.05, 4.69) is 4.98 Å². The number of benzene rings is 2. The highest BCUT2D eigenvalue weighted by molar-refractivity contribution is 7.10. The van der Waals surface area contributed by atoms with Crippen LogP contribution in [-0.4, -0.2) is 23.1 Å². The van der Waals surface area contributed by atoms with Crippen molar-refractivity contribution in [3.05, 3.63) is 69.8 Å². The van der Waals surface area contributed by atoms with Crippen molar-refractivity contribution >= 4 is 40.2 Å². The first-order chi connectivity index (χ1) is 12.5. The fraction of sp³-hybridized carbons (Fsp3) is 0.105. The Hall–Kier alpha value is -2.57. The number of rotatable bonds is 3. The monoisotopic (exact) mass is 385 g/mol. The molecule has 1 fully saturated rings. The van der Waals surface area contributed by atoms with Gasteiger partial charge < -0.3 is 4.90 Å². The average molecular weight is 386 g/mol. The number of anilines is 1. The van der Waals surface area contributed by atoms with Gasteiger partial charge in [0.1, 0.15) is 22.6 Å². The van der Waals surface area contributed by atoms with E-state index in [0.29, 0.717) is 15.7 Å². The molecule has 3 aromatic rings. The number of amidine groups is 1. The van der Waals surface area contributed by atoms with Crippen LogP contribution in [0.2, 0.25) is 5.02 Å². The number of nitrogens with one attached hydrogen (secondary N) is 1. The summed E-state index contributed by atoms with van der Waals surface area (Å²) in [6, 6.07) is 13.1. The Kier molecular flexibility index (Phi) is 4.30. The second-order valence-electron chi connectivity index (χ2n) is 5.93. The number of carbonyl (C=O) groups excluding carboxylic acids is 1. The summed E-state index contributed by atoms with van der Waals surface area (Å²) in [7, 11) is 0. The molecule has 1 N–H and O–H groups in total. The number of hydrogen-bond acceptors (Lipinski definition) is 4. The summed E-state index contributed by atoms with van der Waals surface area (Å²) >= 11 is 7.25. The van der Waals surface area contributed by atoms with Crippen LogP contribution in [0, 0.1) is 11.2 Å². The summed E-state index contributed by atoms with van der Waals surface area (Å²) in [6.07, 6.45) is 0. The Labute approximate surface area is 158 Å². The molecule has 1 saturated heterocycles. The Morgan fingerprint density at radius 1 is 1.15 bits per heavy atom. The van der Waals surface area contributed by atoms with Gasteiger partial charge in [-0.1, -0.05) is 11.6 Å². The first-order valence-electron chi connectivity index (χ1n) is 7.88. The quantitative estimate of drug-likeness (QED) is 0.707. The molecule has 1 unspecified atom stereocenters. The smallest absolute Gasteiger partial charge is 0.170 e. The minimum Gasteiger partial charge on any atom is -0.322 e. The maximum Gasteiger partial charge on any atom is 0.170 e. The molecule has 0 saturated carbocycles. The predicted molar refractivity (Wildman–Crippen MR) is 102 cm³/mol. The summed E-state index contributed by atoms with van der Waals surface area (Å²) in [5.74, 6) is -0.845. The van der Waals surface area contributed by atoms with E-state index in [9.17, 15) is 9.18 Å². The Balaban J connectivity index is 1.62. The van der Waals surface area contributed by atoms with Crippen LogP contribution in [0.25, 0.3) is 11.3 Å². The zero-order valence-corrected chi connectivity index (χ0v) is 15.0. The van der Waals surface area contributed by atoms with Gasteiger partial charge in [0.2, 0.25) is 0 Å². The number of halogens is 2. The van der Waals surface area contributed by atoms with Gasteiger partial charge in [-0.2, -0.15) is 0 Å². The molecule has 4 rings (SSSR count). The summed E-state index contributed by atoms with van der Waals surface area (Å²) in [4.78, 5) is 18.7. The minimum atomic E-state index is -0.676. The standard InChI is InChI=1S/C19H13ClFN3OS/c20-12-3-7-14(8-4-12)24-9-16(25)17(18(24)22)19-23-15(10-26-19)11-1-5-13(21)6-2-11/h1-8,10,17,22H,9H2.